The molecule has 3 aromatic rings. The highest BCUT2D eigenvalue weighted by Gasteiger charge is 2.05. The van der Waals surface area contributed by atoms with Crippen molar-refractivity contribution in [1.29, 1.82) is 0 Å². The van der Waals surface area contributed by atoms with E-state index in [1.807, 2.05) is 43.3 Å². The number of aliphatic hydroxyl groups excluding tert-OH is 1. The van der Waals surface area contributed by atoms with Crippen LogP contribution < -0.4 is 0 Å². The second-order valence-corrected chi connectivity index (χ2v) is 6.90. The van der Waals surface area contributed by atoms with Crippen LogP contribution in [0.2, 0.25) is 0 Å². The van der Waals surface area contributed by atoms with Gasteiger partial charge in [0.05, 0.1) is 11.8 Å². The van der Waals surface area contributed by atoms with E-state index in [-0.39, 0.29) is 11.9 Å². The molecule has 1 atom stereocenters. The fourth-order valence-electron chi connectivity index (χ4n) is 2.94. The molecule has 0 saturated heterocycles. The van der Waals surface area contributed by atoms with Crippen molar-refractivity contribution in [3.8, 4) is 28.1 Å². The van der Waals surface area contributed by atoms with Gasteiger partial charge in [0.1, 0.15) is 0 Å². The number of halogens is 1. The van der Waals surface area contributed by atoms with Crippen molar-refractivity contribution in [2.45, 2.75) is 32.3 Å². The van der Waals surface area contributed by atoms with Crippen molar-refractivity contribution in [2.24, 2.45) is 0 Å². The first-order valence-corrected chi connectivity index (χ1v) is 9.43. The largest absolute Gasteiger partial charge is 0.505 e. The van der Waals surface area contributed by atoms with Crippen LogP contribution in [-0.4, -0.2) is 21.3 Å². The minimum absolute atomic E-state index is 0.236. The van der Waals surface area contributed by atoms with Crippen molar-refractivity contribution in [3.05, 3.63) is 78.3 Å². The molecule has 2 N–H and O–H groups in total. The number of hydrogen-bond donors (Lipinski definition) is 2. The molecule has 0 fully saturated rings. The third-order valence-electron chi connectivity index (χ3n) is 4.55. The third-order valence-corrected chi connectivity index (χ3v) is 4.55. The highest BCUT2D eigenvalue weighted by Crippen LogP contribution is 2.26. The number of benzene rings is 2. The van der Waals surface area contributed by atoms with Crippen LogP contribution in [0.4, 0.5) is 4.39 Å². The van der Waals surface area contributed by atoms with Gasteiger partial charge in [0.25, 0.3) is 0 Å². The molecule has 0 aliphatic carbocycles. The van der Waals surface area contributed by atoms with E-state index in [1.54, 1.807) is 12.3 Å². The number of aromatic hydroxyl groups is 1. The number of allylic oxidation sites excluding steroid dienone is 1. The topological polar surface area (TPSA) is 53.4 Å². The number of hydrogen-bond acceptors (Lipinski definition) is 3. The lowest BCUT2D eigenvalue weighted by atomic mass is 10.0. The van der Waals surface area contributed by atoms with E-state index in [0.717, 1.165) is 41.6 Å². The lowest BCUT2D eigenvalue weighted by Crippen LogP contribution is -1.97. The van der Waals surface area contributed by atoms with E-state index >= 15 is 0 Å². The fourth-order valence-corrected chi connectivity index (χ4v) is 2.94. The molecule has 3 nitrogen and oxygen atoms in total. The molecule has 0 aliphatic rings. The summed E-state index contributed by atoms with van der Waals surface area (Å²) in [5.74, 6) is -0.999. The van der Waals surface area contributed by atoms with E-state index in [2.05, 4.69) is 17.1 Å². The second-order valence-electron chi connectivity index (χ2n) is 6.90. The number of unbranched alkanes of at least 4 members (excludes halogenated alkanes) is 1. The molecule has 3 rings (SSSR count). The Bertz CT molecular complexity index is 932. The van der Waals surface area contributed by atoms with Crippen LogP contribution >= 0.6 is 0 Å². The van der Waals surface area contributed by atoms with Crippen LogP contribution in [0.3, 0.4) is 0 Å². The fraction of sp³-hybridized carbons (Fsp3) is 0.208. The summed E-state index contributed by atoms with van der Waals surface area (Å²) < 4.78 is 13.5. The lowest BCUT2D eigenvalue weighted by Gasteiger charge is -2.05. The van der Waals surface area contributed by atoms with Gasteiger partial charge in [-0.1, -0.05) is 48.6 Å². The van der Waals surface area contributed by atoms with E-state index in [1.165, 1.54) is 12.1 Å². The van der Waals surface area contributed by atoms with Crippen LogP contribution in [0.15, 0.2) is 66.9 Å². The summed E-state index contributed by atoms with van der Waals surface area (Å²) in [6, 6.07) is 16.2. The normalized spacial score (nSPS) is 12.4. The van der Waals surface area contributed by atoms with Gasteiger partial charge in [-0.25, -0.2) is 4.39 Å². The van der Waals surface area contributed by atoms with E-state index < -0.39 is 5.82 Å². The third kappa shape index (κ3) is 5.27. The van der Waals surface area contributed by atoms with Crippen LogP contribution in [0.25, 0.3) is 28.5 Å². The van der Waals surface area contributed by atoms with Crippen molar-refractivity contribution in [1.82, 2.24) is 4.98 Å². The molecular formula is C24H24FNO2. The first-order chi connectivity index (χ1) is 13.5. The maximum Gasteiger partial charge on any atom is 0.165 e. The Kier molecular flexibility index (Phi) is 6.56. The zero-order chi connectivity index (χ0) is 19.9. The van der Waals surface area contributed by atoms with Gasteiger partial charge in [-0.3, -0.25) is 4.98 Å². The maximum atomic E-state index is 13.5. The second kappa shape index (κ2) is 9.29. The quantitative estimate of drug-likeness (QED) is 0.510. The molecule has 4 heteroatoms. The highest BCUT2D eigenvalue weighted by atomic mass is 19.1. The number of rotatable bonds is 7. The van der Waals surface area contributed by atoms with Crippen molar-refractivity contribution in [2.75, 3.05) is 0 Å². The minimum Gasteiger partial charge on any atom is -0.505 e. The maximum absolute atomic E-state index is 13.5. The average molecular weight is 377 g/mol. The molecule has 0 spiro atoms. The first kappa shape index (κ1) is 19.8. The monoisotopic (exact) mass is 377 g/mol. The molecule has 0 aliphatic heterocycles. The van der Waals surface area contributed by atoms with Gasteiger partial charge in [0, 0.05) is 17.3 Å². The van der Waals surface area contributed by atoms with Crippen LogP contribution in [0, 0.1) is 5.82 Å². The molecule has 2 aromatic carbocycles. The SMILES string of the molecule is CC(O)CCC/C=C/c1ccc(-c2ccc(-c3ccc(O)c(F)c3)cn2)cc1. The zero-order valence-corrected chi connectivity index (χ0v) is 15.8. The lowest BCUT2D eigenvalue weighted by molar-refractivity contribution is 0.182. The number of aliphatic hydroxyl groups is 1. The number of pyridine rings is 1. The number of nitrogens with zero attached hydrogens (tertiary/aromatic N) is 1. The molecule has 144 valence electrons. The Balaban J connectivity index is 1.65. The Labute approximate surface area is 164 Å². The van der Waals surface area contributed by atoms with Crippen LogP contribution in [-0.2, 0) is 0 Å². The minimum atomic E-state index is -0.643. The predicted molar refractivity (Wildman–Crippen MR) is 111 cm³/mol. The first-order valence-electron chi connectivity index (χ1n) is 9.43. The molecule has 28 heavy (non-hydrogen) atoms. The van der Waals surface area contributed by atoms with Gasteiger partial charge in [-0.05, 0) is 55.5 Å². The van der Waals surface area contributed by atoms with Crippen LogP contribution in [0.1, 0.15) is 31.7 Å². The Morgan fingerprint density at radius 3 is 2.36 bits per heavy atom. The number of aromatic nitrogens is 1. The zero-order valence-electron chi connectivity index (χ0n) is 15.8. The van der Waals surface area contributed by atoms with E-state index in [9.17, 15) is 14.6 Å². The summed E-state index contributed by atoms with van der Waals surface area (Å²) >= 11 is 0. The highest BCUT2D eigenvalue weighted by molar-refractivity contribution is 5.68. The standard InChI is InChI=1S/C24H24FNO2/c1-17(27)5-3-2-4-6-18-7-9-19(10-8-18)23-13-11-21(16-26-23)20-12-14-24(28)22(25)15-20/h4,6-17,27-28H,2-3,5H2,1H3/b6-4+. The average Bonchev–Trinajstić information content (AvgIpc) is 2.70. The van der Waals surface area contributed by atoms with E-state index in [0.29, 0.717) is 5.56 Å². The molecule has 0 saturated carbocycles. The molecule has 1 aromatic heterocycles. The summed E-state index contributed by atoms with van der Waals surface area (Å²) in [6.07, 6.45) is 8.43. The van der Waals surface area contributed by atoms with Gasteiger partial charge in [-0.2, -0.15) is 0 Å². The Morgan fingerprint density at radius 2 is 1.71 bits per heavy atom. The molecule has 0 bridgehead atoms. The summed E-state index contributed by atoms with van der Waals surface area (Å²) in [5, 5.41) is 18.6. The molecule has 1 unspecified atom stereocenters. The number of phenolic OH excluding ortho intramolecular Hbond substituents is 1. The van der Waals surface area contributed by atoms with Gasteiger partial charge >= 0.3 is 0 Å². The summed E-state index contributed by atoms with van der Waals surface area (Å²) in [6.45, 7) is 1.81. The van der Waals surface area contributed by atoms with Crippen molar-refractivity contribution >= 4 is 6.08 Å². The van der Waals surface area contributed by atoms with Crippen LogP contribution in [0.5, 0.6) is 5.75 Å². The molecular weight excluding hydrogens is 353 g/mol. The smallest absolute Gasteiger partial charge is 0.165 e. The molecule has 1 heterocycles. The summed E-state index contributed by atoms with van der Waals surface area (Å²) in [4.78, 5) is 4.48. The summed E-state index contributed by atoms with van der Waals surface area (Å²) in [5.41, 5.74) is 4.44. The van der Waals surface area contributed by atoms with Gasteiger partial charge in [-0.15, -0.1) is 0 Å². The van der Waals surface area contributed by atoms with Crippen molar-refractivity contribution in [3.63, 3.8) is 0 Å². The van der Waals surface area contributed by atoms with E-state index in [4.69, 9.17) is 0 Å². The number of phenols is 1. The van der Waals surface area contributed by atoms with Gasteiger partial charge in [0.2, 0.25) is 0 Å². The molecule has 0 amide bonds. The van der Waals surface area contributed by atoms with Gasteiger partial charge in [0.15, 0.2) is 11.6 Å². The Morgan fingerprint density at radius 1 is 1.00 bits per heavy atom. The van der Waals surface area contributed by atoms with Gasteiger partial charge < -0.3 is 10.2 Å². The summed E-state index contributed by atoms with van der Waals surface area (Å²) in [7, 11) is 0. The van der Waals surface area contributed by atoms with Crippen molar-refractivity contribution < 1.29 is 14.6 Å². The predicted octanol–water partition coefficient (Wildman–Crippen LogP) is 5.82. The Hall–Kier alpha value is -2.98. The molecule has 0 radical (unpaired) electrons.